The van der Waals surface area contributed by atoms with E-state index >= 15 is 0 Å². The van der Waals surface area contributed by atoms with E-state index in [4.69, 9.17) is 4.98 Å². The first-order valence-corrected chi connectivity index (χ1v) is 7.48. The van der Waals surface area contributed by atoms with Crippen molar-refractivity contribution < 1.29 is 0 Å². The summed E-state index contributed by atoms with van der Waals surface area (Å²) in [4.78, 5) is 8.30. The van der Waals surface area contributed by atoms with Gasteiger partial charge in [0.05, 0.1) is 11.0 Å². The van der Waals surface area contributed by atoms with Crippen LogP contribution >= 0.6 is 0 Å². The van der Waals surface area contributed by atoms with Crippen molar-refractivity contribution in [1.82, 2.24) is 15.3 Å². The Bertz CT molecular complexity index is 589. The van der Waals surface area contributed by atoms with Gasteiger partial charge in [-0.2, -0.15) is 0 Å². The molecule has 2 fully saturated rings. The molecular formula is C16H21N3. The van der Waals surface area contributed by atoms with Gasteiger partial charge in [0.1, 0.15) is 5.82 Å². The predicted octanol–water partition coefficient (Wildman–Crippen LogP) is 2.94. The van der Waals surface area contributed by atoms with Gasteiger partial charge in [0.2, 0.25) is 0 Å². The van der Waals surface area contributed by atoms with Crippen LogP contribution < -0.4 is 5.32 Å². The first-order chi connectivity index (χ1) is 9.28. The lowest BCUT2D eigenvalue weighted by atomic mass is 9.89. The second-order valence-corrected chi connectivity index (χ2v) is 6.33. The van der Waals surface area contributed by atoms with Crippen molar-refractivity contribution in [3.63, 3.8) is 0 Å². The maximum atomic E-state index is 4.80. The molecule has 0 spiro atoms. The summed E-state index contributed by atoms with van der Waals surface area (Å²) in [6.45, 7) is 2.14. The maximum absolute atomic E-state index is 4.80. The van der Waals surface area contributed by atoms with E-state index in [0.29, 0.717) is 0 Å². The van der Waals surface area contributed by atoms with Gasteiger partial charge in [-0.1, -0.05) is 12.1 Å². The molecule has 3 heterocycles. The van der Waals surface area contributed by atoms with Crippen molar-refractivity contribution in [1.29, 1.82) is 0 Å². The molecule has 0 saturated carbocycles. The fourth-order valence-electron chi connectivity index (χ4n) is 3.94. The van der Waals surface area contributed by atoms with Crippen molar-refractivity contribution in [2.45, 2.75) is 51.1 Å². The highest BCUT2D eigenvalue weighted by Gasteiger charge is 2.33. The topological polar surface area (TPSA) is 40.7 Å². The van der Waals surface area contributed by atoms with Gasteiger partial charge in [0.15, 0.2) is 0 Å². The first-order valence-electron chi connectivity index (χ1n) is 7.48. The highest BCUT2D eigenvalue weighted by molar-refractivity contribution is 5.78. The SMILES string of the molecule is Cc1cccc2[nH]c(CC3C[C@H]4CC[C@@H](C3)N4)nc12. The Hall–Kier alpha value is -1.35. The molecule has 1 aromatic carbocycles. The molecule has 0 amide bonds. The van der Waals surface area contributed by atoms with Crippen LogP contribution in [0.4, 0.5) is 0 Å². The quantitative estimate of drug-likeness (QED) is 0.866. The number of nitrogens with zero attached hydrogens (tertiary/aromatic N) is 1. The molecule has 0 radical (unpaired) electrons. The van der Waals surface area contributed by atoms with Crippen LogP contribution in [-0.4, -0.2) is 22.1 Å². The lowest BCUT2D eigenvalue weighted by Gasteiger charge is -2.28. The molecule has 0 aliphatic carbocycles. The van der Waals surface area contributed by atoms with Crippen molar-refractivity contribution in [3.05, 3.63) is 29.6 Å². The summed E-state index contributed by atoms with van der Waals surface area (Å²) < 4.78 is 0. The molecule has 2 aromatic rings. The fourth-order valence-corrected chi connectivity index (χ4v) is 3.94. The molecule has 2 N–H and O–H groups in total. The van der Waals surface area contributed by atoms with Gasteiger partial charge in [0.25, 0.3) is 0 Å². The van der Waals surface area contributed by atoms with E-state index in [1.807, 2.05) is 0 Å². The van der Waals surface area contributed by atoms with E-state index in [2.05, 4.69) is 35.4 Å². The monoisotopic (exact) mass is 255 g/mol. The van der Waals surface area contributed by atoms with Crippen molar-refractivity contribution in [2.24, 2.45) is 5.92 Å². The minimum absolute atomic E-state index is 0.773. The highest BCUT2D eigenvalue weighted by Crippen LogP contribution is 2.32. The van der Waals surface area contributed by atoms with Crippen LogP contribution in [0.25, 0.3) is 11.0 Å². The molecule has 2 bridgehead atoms. The van der Waals surface area contributed by atoms with Crippen molar-refractivity contribution in [3.8, 4) is 0 Å². The van der Waals surface area contributed by atoms with Crippen LogP contribution in [0.15, 0.2) is 18.2 Å². The summed E-state index contributed by atoms with van der Waals surface area (Å²) in [5.74, 6) is 1.98. The molecule has 19 heavy (non-hydrogen) atoms. The maximum Gasteiger partial charge on any atom is 0.107 e. The molecule has 2 saturated heterocycles. The molecule has 3 nitrogen and oxygen atoms in total. The van der Waals surface area contributed by atoms with Crippen molar-refractivity contribution in [2.75, 3.05) is 0 Å². The molecule has 2 aliphatic rings. The Balaban J connectivity index is 1.56. The molecule has 4 rings (SSSR count). The number of aromatic nitrogens is 2. The van der Waals surface area contributed by atoms with E-state index in [1.54, 1.807) is 0 Å². The number of piperidine rings is 1. The fraction of sp³-hybridized carbons (Fsp3) is 0.562. The number of aryl methyl sites for hydroxylation is 1. The van der Waals surface area contributed by atoms with Gasteiger partial charge in [-0.25, -0.2) is 4.98 Å². The molecule has 3 atom stereocenters. The Kier molecular flexibility index (Phi) is 2.62. The van der Waals surface area contributed by atoms with Gasteiger partial charge >= 0.3 is 0 Å². The number of aromatic amines is 1. The number of nitrogens with one attached hydrogen (secondary N) is 2. The largest absolute Gasteiger partial charge is 0.342 e. The smallest absolute Gasteiger partial charge is 0.107 e. The second-order valence-electron chi connectivity index (χ2n) is 6.33. The number of H-pyrrole nitrogens is 1. The Morgan fingerprint density at radius 3 is 2.74 bits per heavy atom. The lowest BCUT2D eigenvalue weighted by molar-refractivity contribution is 0.295. The zero-order chi connectivity index (χ0) is 12.8. The molecule has 1 aromatic heterocycles. The zero-order valence-electron chi connectivity index (χ0n) is 11.4. The zero-order valence-corrected chi connectivity index (χ0v) is 11.4. The van der Waals surface area contributed by atoms with E-state index in [1.165, 1.54) is 42.6 Å². The highest BCUT2D eigenvalue weighted by atomic mass is 15.0. The molecule has 3 heteroatoms. The number of benzene rings is 1. The molecule has 2 aliphatic heterocycles. The third-order valence-electron chi connectivity index (χ3n) is 4.82. The number of fused-ring (bicyclic) bond motifs is 3. The van der Waals surface area contributed by atoms with Crippen LogP contribution in [0, 0.1) is 12.8 Å². The molecule has 100 valence electrons. The second kappa shape index (κ2) is 4.34. The normalized spacial score (nSPS) is 30.1. The number of rotatable bonds is 2. The predicted molar refractivity (Wildman–Crippen MR) is 77.2 cm³/mol. The number of imidazole rings is 1. The average Bonchev–Trinajstić information content (AvgIpc) is 2.94. The minimum atomic E-state index is 0.773. The molecule has 1 unspecified atom stereocenters. The lowest BCUT2D eigenvalue weighted by Crippen LogP contribution is -2.38. The number of para-hydroxylation sites is 1. The van der Waals surface area contributed by atoms with Crippen molar-refractivity contribution >= 4 is 11.0 Å². The van der Waals surface area contributed by atoms with Crippen LogP contribution in [0.5, 0.6) is 0 Å². The third kappa shape index (κ3) is 2.06. The van der Waals surface area contributed by atoms with E-state index < -0.39 is 0 Å². The van der Waals surface area contributed by atoms with Crippen LogP contribution in [0.2, 0.25) is 0 Å². The minimum Gasteiger partial charge on any atom is -0.342 e. The van der Waals surface area contributed by atoms with Gasteiger partial charge in [-0.3, -0.25) is 0 Å². The summed E-state index contributed by atoms with van der Waals surface area (Å²) in [6.07, 6.45) is 6.52. The Morgan fingerprint density at radius 1 is 1.21 bits per heavy atom. The summed E-state index contributed by atoms with van der Waals surface area (Å²) in [7, 11) is 0. The van der Waals surface area contributed by atoms with E-state index in [0.717, 1.165) is 29.9 Å². The summed E-state index contributed by atoms with van der Waals surface area (Å²) in [6, 6.07) is 7.91. The number of hydrogen-bond acceptors (Lipinski definition) is 2. The Morgan fingerprint density at radius 2 is 2.00 bits per heavy atom. The Labute approximate surface area is 113 Å². The van der Waals surface area contributed by atoms with Gasteiger partial charge in [-0.15, -0.1) is 0 Å². The summed E-state index contributed by atoms with van der Waals surface area (Å²) in [5.41, 5.74) is 3.60. The van der Waals surface area contributed by atoms with E-state index in [-0.39, 0.29) is 0 Å². The standard InChI is InChI=1S/C16H21N3/c1-10-3-2-4-14-16(10)19-15(18-14)9-11-7-12-5-6-13(8-11)17-12/h2-4,11-13,17H,5-9H2,1H3,(H,18,19)/t11?,12-,13+. The van der Waals surface area contributed by atoms with Gasteiger partial charge < -0.3 is 10.3 Å². The van der Waals surface area contributed by atoms with Gasteiger partial charge in [-0.05, 0) is 50.2 Å². The van der Waals surface area contributed by atoms with Crippen LogP contribution in [0.3, 0.4) is 0 Å². The van der Waals surface area contributed by atoms with Crippen LogP contribution in [-0.2, 0) is 6.42 Å². The van der Waals surface area contributed by atoms with E-state index in [9.17, 15) is 0 Å². The van der Waals surface area contributed by atoms with Gasteiger partial charge in [0, 0.05) is 18.5 Å². The third-order valence-corrected chi connectivity index (χ3v) is 4.82. The average molecular weight is 255 g/mol. The number of hydrogen-bond donors (Lipinski definition) is 2. The van der Waals surface area contributed by atoms with Crippen LogP contribution in [0.1, 0.15) is 37.1 Å². The molecular weight excluding hydrogens is 234 g/mol. The summed E-state index contributed by atoms with van der Waals surface area (Å²) >= 11 is 0. The first kappa shape index (κ1) is 11.5. The summed E-state index contributed by atoms with van der Waals surface area (Å²) in [5, 5.41) is 3.71.